The Morgan fingerprint density at radius 2 is 1.73 bits per heavy atom. The summed E-state index contributed by atoms with van der Waals surface area (Å²) in [6.45, 7) is 14.4. The summed E-state index contributed by atoms with van der Waals surface area (Å²) in [7, 11) is 1.21. The molecular formula is C36H59NO7. The summed E-state index contributed by atoms with van der Waals surface area (Å²) in [6, 6.07) is -1.19. The van der Waals surface area contributed by atoms with Gasteiger partial charge in [0.2, 0.25) is 0 Å². The van der Waals surface area contributed by atoms with E-state index < -0.39 is 36.5 Å². The van der Waals surface area contributed by atoms with Gasteiger partial charge in [0.1, 0.15) is 18.3 Å². The number of esters is 1. The molecule has 1 amide bonds. The largest absolute Gasteiger partial charge is 0.508 e. The Hall–Kier alpha value is -2.25. The van der Waals surface area contributed by atoms with Gasteiger partial charge < -0.3 is 24.3 Å². The molecule has 4 aliphatic rings. The fourth-order valence-electron chi connectivity index (χ4n) is 9.28. The maximum atomic E-state index is 12.7. The number of carbonyl (C=O) groups is 3. The zero-order valence-corrected chi connectivity index (χ0v) is 28.6. The van der Waals surface area contributed by atoms with Crippen LogP contribution in [0, 0.1) is 46.8 Å². The molecule has 2 unspecified atom stereocenters. The molecule has 0 radical (unpaired) electrons. The Morgan fingerprint density at radius 3 is 2.41 bits per heavy atom. The van der Waals surface area contributed by atoms with E-state index in [0.29, 0.717) is 5.92 Å². The molecule has 0 spiro atoms. The number of amides is 1. The maximum absolute atomic E-state index is 12.7. The van der Waals surface area contributed by atoms with Gasteiger partial charge in [-0.1, -0.05) is 58.6 Å². The topological polar surface area (TPSA) is 100 Å². The van der Waals surface area contributed by atoms with Gasteiger partial charge in [-0.15, -0.1) is 0 Å². The molecule has 250 valence electrons. The van der Waals surface area contributed by atoms with Crippen LogP contribution in [0.15, 0.2) is 11.6 Å². The Labute approximate surface area is 265 Å². The third kappa shape index (κ3) is 8.31. The van der Waals surface area contributed by atoms with Crippen LogP contribution >= 0.6 is 0 Å². The van der Waals surface area contributed by atoms with Gasteiger partial charge in [-0.05, 0) is 113 Å². The fraction of sp³-hybridized carbons (Fsp3) is 0.861. The lowest BCUT2D eigenvalue weighted by molar-refractivity contribution is -0.144. The second-order valence-corrected chi connectivity index (χ2v) is 15.9. The Morgan fingerprint density at radius 1 is 1.00 bits per heavy atom. The molecule has 0 aliphatic heterocycles. The lowest BCUT2D eigenvalue weighted by atomic mass is 9.50. The highest BCUT2D eigenvalue weighted by atomic mass is 16.7. The number of ether oxygens (including phenoxy) is 4. The van der Waals surface area contributed by atoms with Crippen LogP contribution in [-0.4, -0.2) is 49.7 Å². The van der Waals surface area contributed by atoms with Crippen LogP contribution in [0.2, 0.25) is 0 Å². The van der Waals surface area contributed by atoms with E-state index in [0.717, 1.165) is 61.2 Å². The average Bonchev–Trinajstić information content (AvgIpc) is 3.38. The van der Waals surface area contributed by atoms with Crippen LogP contribution < -0.4 is 5.32 Å². The van der Waals surface area contributed by atoms with Gasteiger partial charge in [-0.25, -0.2) is 14.4 Å². The second kappa shape index (κ2) is 14.5. The molecule has 0 aromatic rings. The van der Waals surface area contributed by atoms with Crippen molar-refractivity contribution in [3.05, 3.63) is 11.6 Å². The van der Waals surface area contributed by atoms with E-state index in [2.05, 4.69) is 39.1 Å². The first kappa shape index (κ1) is 34.6. The number of nitrogens with one attached hydrogen (secondary N) is 1. The van der Waals surface area contributed by atoms with Gasteiger partial charge >= 0.3 is 18.2 Å². The number of hydrogen-bond donors (Lipinski definition) is 1. The Bertz CT molecular complexity index is 1050. The number of carbonyl (C=O) groups excluding carboxylic acids is 3. The normalized spacial score (nSPS) is 32.7. The van der Waals surface area contributed by atoms with E-state index in [-0.39, 0.29) is 11.5 Å². The molecule has 0 heterocycles. The summed E-state index contributed by atoms with van der Waals surface area (Å²) in [5.41, 5.74) is 0.876. The summed E-state index contributed by atoms with van der Waals surface area (Å²) in [4.78, 5) is 37.0. The van der Waals surface area contributed by atoms with E-state index in [1.54, 1.807) is 20.8 Å². The van der Waals surface area contributed by atoms with Crippen molar-refractivity contribution in [3.8, 4) is 0 Å². The standard InChI is InChI=1S/C36H59NO7/c1-22(2)10-9-11-23(3)26-14-15-28-27(26)16-17-30-29(28)13-12-24-20-25(18-19-36(24,30)7)43-34(40)42-21-31(32(38)41-8)37-33(39)44-35(4,5)6/h12,22-23,25-31H,9-11,13-21H2,1-8H3,(H,37,39)/t23-,25?,26-,27-,28-,29+,30+,31?,36+/m1/s1. The third-order valence-electron chi connectivity index (χ3n) is 11.4. The van der Waals surface area contributed by atoms with Crippen molar-refractivity contribution in [1.82, 2.24) is 5.32 Å². The van der Waals surface area contributed by atoms with Gasteiger partial charge in [-0.3, -0.25) is 0 Å². The van der Waals surface area contributed by atoms with Gasteiger partial charge in [0.15, 0.2) is 6.04 Å². The first-order chi connectivity index (χ1) is 20.7. The first-order valence-corrected chi connectivity index (χ1v) is 17.3. The lowest BCUT2D eigenvalue weighted by Gasteiger charge is -2.55. The predicted molar refractivity (Wildman–Crippen MR) is 170 cm³/mol. The van der Waals surface area contributed by atoms with Gasteiger partial charge in [0, 0.05) is 6.42 Å². The number of alkyl carbamates (subject to hydrolysis) is 1. The second-order valence-electron chi connectivity index (χ2n) is 15.9. The highest BCUT2D eigenvalue weighted by Crippen LogP contribution is 2.63. The lowest BCUT2D eigenvalue weighted by Crippen LogP contribution is -2.48. The zero-order valence-electron chi connectivity index (χ0n) is 28.6. The van der Waals surface area contributed by atoms with Crippen LogP contribution in [0.5, 0.6) is 0 Å². The number of allylic oxidation sites excluding steroid dienone is 1. The summed E-state index contributed by atoms with van der Waals surface area (Å²) in [5, 5.41) is 2.41. The number of methoxy groups -OCH3 is 1. The molecule has 3 saturated carbocycles. The van der Waals surface area contributed by atoms with Crippen molar-refractivity contribution in [2.24, 2.45) is 46.8 Å². The van der Waals surface area contributed by atoms with Crippen molar-refractivity contribution >= 4 is 18.2 Å². The molecule has 0 saturated heterocycles. The average molecular weight is 618 g/mol. The van der Waals surface area contributed by atoms with E-state index in [1.807, 2.05) is 0 Å². The highest BCUT2D eigenvalue weighted by Gasteiger charge is 2.54. The SMILES string of the molecule is COC(=O)C(COC(=O)OC1CC[C@@]2(C)C(=CC[C@H]3[C@@H]4CC[C@H]([C@H](C)CCCC(C)C)[C@H]4CC[C@@H]32)C1)NC(=O)OC(C)(C)C. The van der Waals surface area contributed by atoms with Crippen molar-refractivity contribution in [2.45, 2.75) is 137 Å². The van der Waals surface area contributed by atoms with Gasteiger partial charge in [0.25, 0.3) is 0 Å². The minimum absolute atomic E-state index is 0.173. The van der Waals surface area contributed by atoms with Crippen LogP contribution in [0.3, 0.4) is 0 Å². The predicted octanol–water partition coefficient (Wildman–Crippen LogP) is 8.23. The first-order valence-electron chi connectivity index (χ1n) is 17.3. The van der Waals surface area contributed by atoms with Crippen molar-refractivity contribution < 1.29 is 33.3 Å². The Balaban J connectivity index is 1.30. The molecule has 4 aliphatic carbocycles. The molecule has 8 heteroatoms. The molecule has 9 atom stereocenters. The van der Waals surface area contributed by atoms with Gasteiger partial charge in [-0.2, -0.15) is 0 Å². The maximum Gasteiger partial charge on any atom is 0.508 e. The zero-order chi connectivity index (χ0) is 32.2. The number of hydrogen-bond acceptors (Lipinski definition) is 7. The summed E-state index contributed by atoms with van der Waals surface area (Å²) in [5.74, 6) is 5.07. The van der Waals surface area contributed by atoms with Crippen LogP contribution in [0.25, 0.3) is 0 Å². The molecule has 0 aromatic heterocycles. The number of fused-ring (bicyclic) bond motifs is 5. The van der Waals surface area contributed by atoms with Crippen LogP contribution in [0.1, 0.15) is 119 Å². The third-order valence-corrected chi connectivity index (χ3v) is 11.4. The smallest absolute Gasteiger partial charge is 0.467 e. The van der Waals surface area contributed by atoms with Crippen molar-refractivity contribution in [1.29, 1.82) is 0 Å². The van der Waals surface area contributed by atoms with Crippen molar-refractivity contribution in [3.63, 3.8) is 0 Å². The van der Waals surface area contributed by atoms with Crippen LogP contribution in [0.4, 0.5) is 9.59 Å². The van der Waals surface area contributed by atoms with E-state index in [4.69, 9.17) is 18.9 Å². The minimum Gasteiger partial charge on any atom is -0.467 e. The van der Waals surface area contributed by atoms with Gasteiger partial charge in [0.05, 0.1) is 7.11 Å². The van der Waals surface area contributed by atoms with Crippen LogP contribution in [-0.2, 0) is 23.7 Å². The summed E-state index contributed by atoms with van der Waals surface area (Å²) in [6.07, 6.45) is 13.9. The molecule has 0 aromatic carbocycles. The molecule has 8 nitrogen and oxygen atoms in total. The molecule has 0 bridgehead atoms. The molecule has 44 heavy (non-hydrogen) atoms. The molecule has 1 N–H and O–H groups in total. The van der Waals surface area contributed by atoms with E-state index in [1.165, 1.54) is 57.6 Å². The molecule has 3 fully saturated rings. The minimum atomic E-state index is -1.19. The summed E-state index contributed by atoms with van der Waals surface area (Å²) >= 11 is 0. The quantitative estimate of drug-likeness (QED) is 0.150. The van der Waals surface area contributed by atoms with Crippen molar-refractivity contribution in [2.75, 3.05) is 13.7 Å². The van der Waals surface area contributed by atoms with E-state index >= 15 is 0 Å². The summed E-state index contributed by atoms with van der Waals surface area (Å²) < 4.78 is 21.0. The Kier molecular flexibility index (Phi) is 11.4. The van der Waals surface area contributed by atoms with E-state index in [9.17, 15) is 14.4 Å². The fourth-order valence-corrected chi connectivity index (χ4v) is 9.28. The highest BCUT2D eigenvalue weighted by molar-refractivity contribution is 5.81. The number of rotatable bonds is 10. The molecule has 4 rings (SSSR count). The monoisotopic (exact) mass is 617 g/mol. The molecular weight excluding hydrogens is 558 g/mol.